The van der Waals surface area contributed by atoms with Crippen LogP contribution in [0.2, 0.25) is 5.02 Å². The van der Waals surface area contributed by atoms with Gasteiger partial charge in [-0.05, 0) is 46.9 Å². The van der Waals surface area contributed by atoms with E-state index in [0.29, 0.717) is 16.5 Å². The maximum absolute atomic E-state index is 6.25. The van der Waals surface area contributed by atoms with Crippen molar-refractivity contribution in [2.75, 3.05) is 5.73 Å². The Balaban J connectivity index is 1.95. The quantitative estimate of drug-likeness (QED) is 0.882. The monoisotopic (exact) mass is 291 g/mol. The fourth-order valence-electron chi connectivity index (χ4n) is 2.97. The number of anilines is 1. The molecular weight excluding hydrogens is 274 g/mol. The smallest absolute Gasteiger partial charge is 0.183 e. The van der Waals surface area contributed by atoms with Crippen molar-refractivity contribution in [3.63, 3.8) is 0 Å². The third-order valence-corrected chi connectivity index (χ3v) is 4.43. The third-order valence-electron chi connectivity index (χ3n) is 4.11. The number of aromatic nitrogens is 4. The van der Waals surface area contributed by atoms with Crippen molar-refractivity contribution in [3.8, 4) is 11.4 Å². The Hall–Kier alpha value is -1.62. The Labute approximate surface area is 123 Å². The summed E-state index contributed by atoms with van der Waals surface area (Å²) in [7, 11) is 0. The topological polar surface area (TPSA) is 69.6 Å². The molecule has 5 nitrogen and oxygen atoms in total. The molecule has 106 valence electrons. The second-order valence-electron chi connectivity index (χ2n) is 5.92. The average molecular weight is 292 g/mol. The standard InChI is InChI=1S/C14H18ClN5/c1-14(6-2-3-7-14)9-20-13(17-18-19-20)11-8-10(16)4-5-12(11)15/h4-5,8H,2-3,6-7,9,16H2,1H3. The average Bonchev–Trinajstić information content (AvgIpc) is 3.02. The van der Waals surface area contributed by atoms with Gasteiger partial charge in [0.1, 0.15) is 0 Å². The number of halogens is 1. The molecule has 2 N–H and O–H groups in total. The predicted octanol–water partition coefficient (Wildman–Crippen LogP) is 3.16. The van der Waals surface area contributed by atoms with E-state index in [2.05, 4.69) is 22.4 Å². The van der Waals surface area contributed by atoms with E-state index in [4.69, 9.17) is 17.3 Å². The van der Waals surface area contributed by atoms with Crippen LogP contribution >= 0.6 is 11.6 Å². The van der Waals surface area contributed by atoms with Crippen LogP contribution < -0.4 is 5.73 Å². The highest BCUT2D eigenvalue weighted by Crippen LogP contribution is 2.39. The van der Waals surface area contributed by atoms with Gasteiger partial charge in [0, 0.05) is 11.3 Å². The van der Waals surface area contributed by atoms with Gasteiger partial charge in [-0.15, -0.1) is 5.10 Å². The lowest BCUT2D eigenvalue weighted by Gasteiger charge is -2.23. The Kier molecular flexibility index (Phi) is 3.38. The van der Waals surface area contributed by atoms with E-state index in [9.17, 15) is 0 Å². The molecule has 1 heterocycles. The lowest BCUT2D eigenvalue weighted by molar-refractivity contribution is 0.267. The van der Waals surface area contributed by atoms with Crippen LogP contribution in [0.15, 0.2) is 18.2 Å². The summed E-state index contributed by atoms with van der Waals surface area (Å²) < 4.78 is 1.85. The Morgan fingerprint density at radius 1 is 1.35 bits per heavy atom. The van der Waals surface area contributed by atoms with E-state index in [1.807, 2.05) is 10.7 Å². The summed E-state index contributed by atoms with van der Waals surface area (Å²) in [6.45, 7) is 3.12. The van der Waals surface area contributed by atoms with Crippen LogP contribution in [0.5, 0.6) is 0 Å². The molecule has 6 heteroatoms. The van der Waals surface area contributed by atoms with Gasteiger partial charge in [0.15, 0.2) is 5.82 Å². The van der Waals surface area contributed by atoms with Crippen molar-refractivity contribution < 1.29 is 0 Å². The van der Waals surface area contributed by atoms with E-state index in [-0.39, 0.29) is 5.41 Å². The molecule has 0 aliphatic heterocycles. The first-order valence-corrected chi connectivity index (χ1v) is 7.27. The highest BCUT2D eigenvalue weighted by molar-refractivity contribution is 6.33. The van der Waals surface area contributed by atoms with Gasteiger partial charge in [0.05, 0.1) is 11.6 Å². The van der Waals surface area contributed by atoms with Crippen molar-refractivity contribution >= 4 is 17.3 Å². The summed E-state index contributed by atoms with van der Waals surface area (Å²) >= 11 is 6.25. The second-order valence-corrected chi connectivity index (χ2v) is 6.32. The van der Waals surface area contributed by atoms with Crippen LogP contribution in [-0.2, 0) is 6.54 Å². The van der Waals surface area contributed by atoms with Crippen molar-refractivity contribution in [2.24, 2.45) is 5.41 Å². The highest BCUT2D eigenvalue weighted by Gasteiger charge is 2.30. The molecule has 0 saturated heterocycles. The number of rotatable bonds is 3. The third kappa shape index (κ3) is 2.50. The SMILES string of the molecule is CC1(Cn2nnnc2-c2cc(N)ccc2Cl)CCCC1. The van der Waals surface area contributed by atoms with E-state index in [0.717, 1.165) is 12.1 Å². The summed E-state index contributed by atoms with van der Waals surface area (Å²) in [6, 6.07) is 5.38. The van der Waals surface area contributed by atoms with E-state index < -0.39 is 0 Å². The van der Waals surface area contributed by atoms with Gasteiger partial charge in [-0.2, -0.15) is 0 Å². The van der Waals surface area contributed by atoms with Gasteiger partial charge < -0.3 is 5.73 Å². The molecule has 20 heavy (non-hydrogen) atoms. The second kappa shape index (κ2) is 5.05. The Morgan fingerprint density at radius 3 is 2.85 bits per heavy atom. The van der Waals surface area contributed by atoms with Gasteiger partial charge in [0.25, 0.3) is 0 Å². The van der Waals surface area contributed by atoms with E-state index in [1.165, 1.54) is 25.7 Å². The van der Waals surface area contributed by atoms with Gasteiger partial charge in [0.2, 0.25) is 0 Å². The maximum atomic E-state index is 6.25. The summed E-state index contributed by atoms with van der Waals surface area (Å²) in [5.74, 6) is 0.690. The van der Waals surface area contributed by atoms with Crippen molar-refractivity contribution in [1.82, 2.24) is 20.2 Å². The number of hydrogen-bond acceptors (Lipinski definition) is 4. The zero-order valence-electron chi connectivity index (χ0n) is 11.5. The Bertz CT molecular complexity index is 616. The summed E-state index contributed by atoms with van der Waals surface area (Å²) in [6.07, 6.45) is 5.01. The van der Waals surface area contributed by atoms with Gasteiger partial charge in [-0.3, -0.25) is 0 Å². The molecule has 1 saturated carbocycles. The molecule has 3 rings (SSSR count). The molecular formula is C14H18ClN5. The largest absolute Gasteiger partial charge is 0.399 e. The van der Waals surface area contributed by atoms with E-state index in [1.54, 1.807) is 12.1 Å². The minimum absolute atomic E-state index is 0.275. The van der Waals surface area contributed by atoms with Crippen LogP contribution in [0.25, 0.3) is 11.4 Å². The molecule has 0 amide bonds. The molecule has 0 atom stereocenters. The van der Waals surface area contributed by atoms with Crippen molar-refractivity contribution in [3.05, 3.63) is 23.2 Å². The van der Waals surface area contributed by atoms with E-state index >= 15 is 0 Å². The zero-order valence-corrected chi connectivity index (χ0v) is 12.3. The van der Waals surface area contributed by atoms with Gasteiger partial charge in [-0.25, -0.2) is 4.68 Å². The minimum atomic E-state index is 0.275. The van der Waals surface area contributed by atoms with Crippen LogP contribution in [0.3, 0.4) is 0 Å². The minimum Gasteiger partial charge on any atom is -0.399 e. The molecule has 1 aromatic carbocycles. The number of nitrogen functional groups attached to an aromatic ring is 1. The van der Waals surface area contributed by atoms with Crippen molar-refractivity contribution in [1.29, 1.82) is 0 Å². The fraction of sp³-hybridized carbons (Fsp3) is 0.500. The summed E-state index contributed by atoms with van der Waals surface area (Å²) in [5, 5.41) is 12.7. The fourth-order valence-corrected chi connectivity index (χ4v) is 3.17. The van der Waals surface area contributed by atoms with Crippen LogP contribution in [0.4, 0.5) is 5.69 Å². The lowest BCUT2D eigenvalue weighted by atomic mass is 9.89. The van der Waals surface area contributed by atoms with Gasteiger partial charge in [-0.1, -0.05) is 31.4 Å². The first kappa shape index (κ1) is 13.4. The molecule has 0 bridgehead atoms. The first-order valence-electron chi connectivity index (χ1n) is 6.89. The molecule has 2 aromatic rings. The van der Waals surface area contributed by atoms with Crippen LogP contribution in [-0.4, -0.2) is 20.2 Å². The summed E-state index contributed by atoms with van der Waals surface area (Å²) in [4.78, 5) is 0. The number of nitrogens with two attached hydrogens (primary N) is 1. The number of benzene rings is 1. The number of hydrogen-bond donors (Lipinski definition) is 1. The normalized spacial score (nSPS) is 17.5. The highest BCUT2D eigenvalue weighted by atomic mass is 35.5. The number of nitrogens with zero attached hydrogens (tertiary/aromatic N) is 4. The molecule has 0 spiro atoms. The van der Waals surface area contributed by atoms with Crippen LogP contribution in [0, 0.1) is 5.41 Å². The summed E-state index contributed by atoms with van der Waals surface area (Å²) in [5.41, 5.74) is 7.56. The number of tetrazole rings is 1. The molecule has 1 aliphatic rings. The zero-order chi connectivity index (χ0) is 14.2. The molecule has 0 unspecified atom stereocenters. The first-order chi connectivity index (χ1) is 9.57. The van der Waals surface area contributed by atoms with Gasteiger partial charge >= 0.3 is 0 Å². The van der Waals surface area contributed by atoms with Crippen molar-refractivity contribution in [2.45, 2.75) is 39.2 Å². The predicted molar refractivity (Wildman–Crippen MR) is 79.3 cm³/mol. The molecule has 1 fully saturated rings. The maximum Gasteiger partial charge on any atom is 0.183 e. The molecule has 0 radical (unpaired) electrons. The van der Waals surface area contributed by atoms with Crippen LogP contribution in [0.1, 0.15) is 32.6 Å². The molecule has 1 aliphatic carbocycles. The molecule has 1 aromatic heterocycles. The lowest BCUT2D eigenvalue weighted by Crippen LogP contribution is -2.21. The Morgan fingerprint density at radius 2 is 2.10 bits per heavy atom.